The average Bonchev–Trinajstić information content (AvgIpc) is 2.79. The van der Waals surface area contributed by atoms with E-state index in [2.05, 4.69) is 25.3 Å². The number of aromatic hydroxyl groups is 1. The van der Waals surface area contributed by atoms with Gasteiger partial charge in [-0.15, -0.1) is 0 Å². The molecule has 0 amide bonds. The van der Waals surface area contributed by atoms with Gasteiger partial charge >= 0.3 is 0 Å². The van der Waals surface area contributed by atoms with Crippen LogP contribution in [0.15, 0.2) is 30.6 Å². The fourth-order valence-corrected chi connectivity index (χ4v) is 1.78. The van der Waals surface area contributed by atoms with Crippen molar-refractivity contribution in [1.29, 1.82) is 0 Å². The van der Waals surface area contributed by atoms with Crippen molar-refractivity contribution in [3.05, 3.63) is 36.2 Å². The van der Waals surface area contributed by atoms with Crippen molar-refractivity contribution in [3.8, 4) is 5.75 Å². The Morgan fingerprint density at radius 1 is 1.21 bits per heavy atom. The van der Waals surface area contributed by atoms with Crippen LogP contribution in [0.4, 0.5) is 11.8 Å². The first kappa shape index (κ1) is 11.3. The van der Waals surface area contributed by atoms with Crippen molar-refractivity contribution < 1.29 is 5.11 Å². The van der Waals surface area contributed by atoms with Crippen LogP contribution in [0.3, 0.4) is 0 Å². The molecule has 1 aromatic carbocycles. The van der Waals surface area contributed by atoms with Gasteiger partial charge in [-0.1, -0.05) is 12.1 Å². The number of benzene rings is 1. The number of H-pyrrole nitrogens is 1. The van der Waals surface area contributed by atoms with E-state index >= 15 is 0 Å². The summed E-state index contributed by atoms with van der Waals surface area (Å²) in [5.74, 6) is 1.19. The Balaban J connectivity index is 1.83. The number of phenols is 1. The molecule has 0 saturated carbocycles. The predicted molar refractivity (Wildman–Crippen MR) is 71.5 cm³/mol. The first-order valence-corrected chi connectivity index (χ1v) is 5.70. The molecule has 0 spiro atoms. The lowest BCUT2D eigenvalue weighted by molar-refractivity contribution is 0.475. The molecule has 0 unspecified atom stereocenters. The molecule has 19 heavy (non-hydrogen) atoms. The van der Waals surface area contributed by atoms with Gasteiger partial charge in [0.15, 0.2) is 17.4 Å². The van der Waals surface area contributed by atoms with Crippen LogP contribution in [-0.2, 0) is 6.54 Å². The van der Waals surface area contributed by atoms with E-state index in [0.29, 0.717) is 29.5 Å². The number of nitrogens with one attached hydrogen (secondary N) is 2. The molecule has 7 heteroatoms. The van der Waals surface area contributed by atoms with Crippen molar-refractivity contribution >= 4 is 22.9 Å². The Bertz CT molecular complexity index is 706. The number of hydrogen-bond donors (Lipinski definition) is 4. The quantitative estimate of drug-likeness (QED) is 0.561. The summed E-state index contributed by atoms with van der Waals surface area (Å²) >= 11 is 0. The number of phenolic OH excluding ortho intramolecular Hbond substituents is 1. The Labute approximate surface area is 108 Å². The van der Waals surface area contributed by atoms with E-state index in [1.165, 1.54) is 6.33 Å². The number of rotatable bonds is 3. The maximum absolute atomic E-state index is 9.22. The predicted octanol–water partition coefficient (Wildman–Crippen LogP) is 1.25. The van der Waals surface area contributed by atoms with Gasteiger partial charge < -0.3 is 21.1 Å². The minimum atomic E-state index is 0.245. The van der Waals surface area contributed by atoms with Crippen molar-refractivity contribution in [2.75, 3.05) is 11.1 Å². The van der Waals surface area contributed by atoms with Crippen LogP contribution in [0, 0.1) is 0 Å². The molecule has 96 valence electrons. The molecule has 3 rings (SSSR count). The third-order valence-corrected chi connectivity index (χ3v) is 2.70. The van der Waals surface area contributed by atoms with Gasteiger partial charge in [-0.05, 0) is 17.7 Å². The van der Waals surface area contributed by atoms with Crippen LogP contribution in [0.5, 0.6) is 5.75 Å². The smallest absolute Gasteiger partial charge is 0.200 e. The van der Waals surface area contributed by atoms with Gasteiger partial charge in [0, 0.05) is 6.54 Å². The van der Waals surface area contributed by atoms with Gasteiger partial charge in [0.1, 0.15) is 17.6 Å². The average molecular weight is 256 g/mol. The van der Waals surface area contributed by atoms with E-state index in [1.807, 2.05) is 12.1 Å². The lowest BCUT2D eigenvalue weighted by atomic mass is 10.2. The highest BCUT2D eigenvalue weighted by Crippen LogP contribution is 2.18. The highest BCUT2D eigenvalue weighted by molar-refractivity contribution is 5.83. The Hall–Kier alpha value is -2.83. The molecule has 0 aliphatic rings. The second kappa shape index (κ2) is 4.45. The molecule has 2 heterocycles. The van der Waals surface area contributed by atoms with Crippen LogP contribution in [0.25, 0.3) is 11.2 Å². The van der Waals surface area contributed by atoms with E-state index in [4.69, 9.17) is 5.73 Å². The van der Waals surface area contributed by atoms with E-state index in [0.717, 1.165) is 5.56 Å². The van der Waals surface area contributed by atoms with Crippen molar-refractivity contribution in [2.45, 2.75) is 6.54 Å². The second-order valence-corrected chi connectivity index (χ2v) is 4.06. The van der Waals surface area contributed by atoms with Gasteiger partial charge in [0.25, 0.3) is 0 Å². The summed E-state index contributed by atoms with van der Waals surface area (Å²) in [7, 11) is 0. The first-order valence-electron chi connectivity index (χ1n) is 5.70. The van der Waals surface area contributed by atoms with Crippen molar-refractivity contribution in [3.63, 3.8) is 0 Å². The molecular weight excluding hydrogens is 244 g/mol. The zero-order valence-electron chi connectivity index (χ0n) is 9.96. The summed E-state index contributed by atoms with van der Waals surface area (Å²) in [6, 6.07) is 6.95. The van der Waals surface area contributed by atoms with Crippen LogP contribution in [-0.4, -0.2) is 25.0 Å². The molecule has 5 N–H and O–H groups in total. The fraction of sp³-hybridized carbons (Fsp3) is 0.0833. The minimum Gasteiger partial charge on any atom is -0.508 e. The minimum absolute atomic E-state index is 0.245. The number of nitrogens with zero attached hydrogens (tertiary/aromatic N) is 3. The highest BCUT2D eigenvalue weighted by Gasteiger charge is 2.07. The SMILES string of the molecule is Nc1nc2ncnc(NCc3ccc(O)cc3)c2[nH]1. The fourth-order valence-electron chi connectivity index (χ4n) is 1.78. The topological polar surface area (TPSA) is 113 Å². The third-order valence-electron chi connectivity index (χ3n) is 2.70. The van der Waals surface area contributed by atoms with Gasteiger partial charge in [0.2, 0.25) is 0 Å². The zero-order valence-corrected chi connectivity index (χ0v) is 9.96. The van der Waals surface area contributed by atoms with E-state index in [1.54, 1.807) is 12.1 Å². The van der Waals surface area contributed by atoms with Crippen LogP contribution in [0.2, 0.25) is 0 Å². The maximum atomic E-state index is 9.22. The summed E-state index contributed by atoms with van der Waals surface area (Å²) in [6.45, 7) is 0.575. The molecule has 0 bridgehead atoms. The van der Waals surface area contributed by atoms with Gasteiger partial charge in [-0.2, -0.15) is 4.98 Å². The lowest BCUT2D eigenvalue weighted by Gasteiger charge is -2.06. The van der Waals surface area contributed by atoms with E-state index in [9.17, 15) is 5.11 Å². The van der Waals surface area contributed by atoms with E-state index in [-0.39, 0.29) is 5.75 Å². The summed E-state index contributed by atoms with van der Waals surface area (Å²) in [6.07, 6.45) is 1.43. The number of aromatic amines is 1. The largest absolute Gasteiger partial charge is 0.508 e. The number of anilines is 2. The number of imidazole rings is 1. The maximum Gasteiger partial charge on any atom is 0.200 e. The highest BCUT2D eigenvalue weighted by atomic mass is 16.3. The molecule has 0 atom stereocenters. The summed E-state index contributed by atoms with van der Waals surface area (Å²) in [5.41, 5.74) is 7.83. The molecule has 0 fully saturated rings. The molecule has 2 aromatic heterocycles. The number of nitrogen functional groups attached to an aromatic ring is 1. The lowest BCUT2D eigenvalue weighted by Crippen LogP contribution is -2.02. The van der Waals surface area contributed by atoms with Crippen LogP contribution >= 0.6 is 0 Å². The normalized spacial score (nSPS) is 10.7. The number of fused-ring (bicyclic) bond motifs is 1. The molecule has 0 saturated heterocycles. The van der Waals surface area contributed by atoms with E-state index < -0.39 is 0 Å². The van der Waals surface area contributed by atoms with Crippen molar-refractivity contribution in [1.82, 2.24) is 19.9 Å². The summed E-state index contributed by atoms with van der Waals surface area (Å²) in [5, 5.41) is 12.4. The third kappa shape index (κ3) is 2.25. The van der Waals surface area contributed by atoms with Crippen LogP contribution in [0.1, 0.15) is 5.56 Å². The van der Waals surface area contributed by atoms with Gasteiger partial charge in [0.05, 0.1) is 0 Å². The monoisotopic (exact) mass is 256 g/mol. The summed E-state index contributed by atoms with van der Waals surface area (Å²) < 4.78 is 0. The standard InChI is InChI=1S/C12H12N6O/c13-12-17-9-10(15-6-16-11(9)18-12)14-5-7-1-3-8(19)4-2-7/h1-4,6,19H,5H2,(H4,13,14,15,16,17,18). The molecule has 0 radical (unpaired) electrons. The molecule has 3 aromatic rings. The Morgan fingerprint density at radius 2 is 2.00 bits per heavy atom. The molecule has 0 aliphatic heterocycles. The molecule has 7 nitrogen and oxygen atoms in total. The zero-order chi connectivity index (χ0) is 13.2. The molecular formula is C12H12N6O. The van der Waals surface area contributed by atoms with Gasteiger partial charge in [-0.25, -0.2) is 9.97 Å². The Morgan fingerprint density at radius 3 is 2.79 bits per heavy atom. The van der Waals surface area contributed by atoms with Crippen LogP contribution < -0.4 is 11.1 Å². The number of hydrogen-bond acceptors (Lipinski definition) is 6. The van der Waals surface area contributed by atoms with Crippen molar-refractivity contribution in [2.24, 2.45) is 0 Å². The molecule has 0 aliphatic carbocycles. The number of nitrogens with two attached hydrogens (primary N) is 1. The van der Waals surface area contributed by atoms with Gasteiger partial charge in [-0.3, -0.25) is 0 Å². The first-order chi connectivity index (χ1) is 9.22. The number of aromatic nitrogens is 4. The Kier molecular flexibility index (Phi) is 2.64. The summed E-state index contributed by atoms with van der Waals surface area (Å²) in [4.78, 5) is 15.1. The second-order valence-electron chi connectivity index (χ2n) is 4.06.